The van der Waals surface area contributed by atoms with E-state index in [1.54, 1.807) is 24.3 Å². The van der Waals surface area contributed by atoms with E-state index in [2.05, 4.69) is 0 Å². The highest BCUT2D eigenvalue weighted by atomic mass is 19.1. The number of hydrogen-bond acceptors (Lipinski definition) is 4. The average Bonchev–Trinajstić information content (AvgIpc) is 2.81. The van der Waals surface area contributed by atoms with E-state index in [9.17, 15) is 18.4 Å². The molecule has 0 fully saturated rings. The number of hydrogen-bond donors (Lipinski definition) is 2. The topological polar surface area (TPSA) is 74.6 Å². The molecule has 0 aliphatic rings. The summed E-state index contributed by atoms with van der Waals surface area (Å²) in [6.07, 6.45) is 0. The maximum atomic E-state index is 12.6. The third-order valence-electron chi connectivity index (χ3n) is 4.47. The van der Waals surface area contributed by atoms with Crippen LogP contribution in [0.4, 0.5) is 8.78 Å². The molecule has 0 amide bonds. The van der Waals surface area contributed by atoms with Crippen LogP contribution in [0, 0.1) is 11.6 Å². The molecule has 0 spiro atoms. The van der Waals surface area contributed by atoms with E-state index in [1.165, 1.54) is 72.8 Å². The molecule has 160 valence electrons. The Balaban J connectivity index is 0.000000181. The number of phenols is 2. The monoisotopic (exact) mass is 432 g/mol. The number of halogens is 2. The highest BCUT2D eigenvalue weighted by Crippen LogP contribution is 2.16. The van der Waals surface area contributed by atoms with Crippen molar-refractivity contribution in [2.45, 2.75) is 0 Å². The van der Waals surface area contributed by atoms with E-state index in [-0.39, 0.29) is 23.1 Å². The van der Waals surface area contributed by atoms with Crippen molar-refractivity contribution in [3.8, 4) is 11.5 Å². The zero-order chi connectivity index (χ0) is 23.1. The van der Waals surface area contributed by atoms with Crippen LogP contribution in [0.5, 0.6) is 11.5 Å². The van der Waals surface area contributed by atoms with Gasteiger partial charge in [-0.25, -0.2) is 8.78 Å². The third kappa shape index (κ3) is 5.86. The highest BCUT2D eigenvalue weighted by Gasteiger charge is 2.09. The van der Waals surface area contributed by atoms with Crippen LogP contribution in [-0.4, -0.2) is 21.8 Å². The van der Waals surface area contributed by atoms with Gasteiger partial charge in [-0.2, -0.15) is 0 Å². The summed E-state index contributed by atoms with van der Waals surface area (Å²) in [4.78, 5) is 23.7. The Hall–Kier alpha value is -4.32. The van der Waals surface area contributed by atoms with E-state index in [0.29, 0.717) is 22.3 Å². The fourth-order valence-corrected chi connectivity index (χ4v) is 2.76. The smallest absolute Gasteiger partial charge is 0.193 e. The highest BCUT2D eigenvalue weighted by molar-refractivity contribution is 6.09. The number of benzene rings is 4. The SMILES string of the molecule is O=C(c1ccc(F)cc1)c1ccc(F)cc1.O=C(c1ccc(O)cc1)c1ccc(O)cc1. The Morgan fingerprint density at radius 3 is 0.906 bits per heavy atom. The fraction of sp³-hybridized carbons (Fsp3) is 0. The fourth-order valence-electron chi connectivity index (χ4n) is 2.76. The van der Waals surface area contributed by atoms with Crippen LogP contribution in [0.2, 0.25) is 0 Å². The van der Waals surface area contributed by atoms with Gasteiger partial charge in [-0.15, -0.1) is 0 Å². The van der Waals surface area contributed by atoms with Gasteiger partial charge in [0.15, 0.2) is 11.6 Å². The summed E-state index contributed by atoms with van der Waals surface area (Å²) in [5.74, 6) is -0.921. The molecule has 0 aromatic heterocycles. The first-order valence-electron chi connectivity index (χ1n) is 9.52. The van der Waals surface area contributed by atoms with Crippen LogP contribution in [0.15, 0.2) is 97.1 Å². The Morgan fingerprint density at radius 1 is 0.438 bits per heavy atom. The zero-order valence-electron chi connectivity index (χ0n) is 16.7. The summed E-state index contributed by atoms with van der Waals surface area (Å²) in [7, 11) is 0. The minimum atomic E-state index is -0.393. The van der Waals surface area contributed by atoms with E-state index in [4.69, 9.17) is 10.2 Å². The molecule has 0 unspecified atom stereocenters. The standard InChI is InChI=1S/C13H8F2O.C13H10O3/c2*14-11-5-1-9(2-6-11)13(16)10-3-7-12(15)8-4-10/h1-8H;1-8,14-15H. The number of carbonyl (C=O) groups excluding carboxylic acids is 2. The second-order valence-corrected chi connectivity index (χ2v) is 6.77. The quantitative estimate of drug-likeness (QED) is 0.416. The van der Waals surface area contributed by atoms with E-state index < -0.39 is 11.6 Å². The van der Waals surface area contributed by atoms with Crippen LogP contribution in [0.3, 0.4) is 0 Å². The Labute approximate surface area is 183 Å². The molecular weight excluding hydrogens is 414 g/mol. The van der Waals surface area contributed by atoms with Gasteiger partial charge < -0.3 is 10.2 Å². The molecule has 4 rings (SSSR count). The lowest BCUT2D eigenvalue weighted by atomic mass is 10.0. The normalized spacial score (nSPS) is 10.1. The number of carbonyl (C=O) groups is 2. The molecular formula is C26H18F2O4. The van der Waals surface area contributed by atoms with Crippen LogP contribution >= 0.6 is 0 Å². The van der Waals surface area contributed by atoms with Crippen molar-refractivity contribution in [2.24, 2.45) is 0 Å². The van der Waals surface area contributed by atoms with Crippen molar-refractivity contribution >= 4 is 11.6 Å². The first kappa shape index (κ1) is 22.4. The molecule has 4 nitrogen and oxygen atoms in total. The molecule has 4 aromatic rings. The van der Waals surface area contributed by atoms with Crippen molar-refractivity contribution in [3.63, 3.8) is 0 Å². The molecule has 0 heterocycles. The van der Waals surface area contributed by atoms with Gasteiger partial charge >= 0.3 is 0 Å². The Kier molecular flexibility index (Phi) is 7.08. The predicted octanol–water partition coefficient (Wildman–Crippen LogP) is 5.52. The summed E-state index contributed by atoms with van der Waals surface area (Å²) in [6.45, 7) is 0. The van der Waals surface area contributed by atoms with Crippen molar-refractivity contribution < 1.29 is 28.6 Å². The second kappa shape index (κ2) is 10.1. The summed E-state index contributed by atoms with van der Waals surface area (Å²) in [5.41, 5.74) is 1.77. The molecule has 32 heavy (non-hydrogen) atoms. The Bertz CT molecular complexity index is 1000. The molecule has 0 radical (unpaired) electrons. The lowest BCUT2D eigenvalue weighted by molar-refractivity contribution is 0.103. The number of phenolic OH excluding ortho intramolecular Hbond substituents is 2. The first-order chi connectivity index (χ1) is 15.3. The molecule has 4 aromatic carbocycles. The zero-order valence-corrected chi connectivity index (χ0v) is 16.7. The van der Waals surface area contributed by atoms with Gasteiger partial charge in [-0.3, -0.25) is 9.59 Å². The van der Waals surface area contributed by atoms with Crippen LogP contribution < -0.4 is 0 Å². The van der Waals surface area contributed by atoms with Crippen LogP contribution in [0.1, 0.15) is 31.8 Å². The molecule has 0 atom stereocenters. The molecule has 0 aliphatic heterocycles. The van der Waals surface area contributed by atoms with E-state index in [0.717, 1.165) is 0 Å². The summed E-state index contributed by atoms with van der Waals surface area (Å²) < 4.78 is 25.3. The van der Waals surface area contributed by atoms with Crippen LogP contribution in [0.25, 0.3) is 0 Å². The van der Waals surface area contributed by atoms with Gasteiger partial charge in [0.05, 0.1) is 0 Å². The van der Waals surface area contributed by atoms with Gasteiger partial charge in [0, 0.05) is 22.3 Å². The van der Waals surface area contributed by atoms with E-state index in [1.807, 2.05) is 0 Å². The first-order valence-corrected chi connectivity index (χ1v) is 9.52. The largest absolute Gasteiger partial charge is 0.508 e. The Morgan fingerprint density at radius 2 is 0.656 bits per heavy atom. The van der Waals surface area contributed by atoms with Gasteiger partial charge in [0.1, 0.15) is 23.1 Å². The van der Waals surface area contributed by atoms with Gasteiger partial charge in [0.25, 0.3) is 0 Å². The molecule has 0 saturated heterocycles. The van der Waals surface area contributed by atoms with Crippen molar-refractivity contribution in [2.75, 3.05) is 0 Å². The van der Waals surface area contributed by atoms with Crippen molar-refractivity contribution in [1.82, 2.24) is 0 Å². The van der Waals surface area contributed by atoms with E-state index >= 15 is 0 Å². The molecule has 2 N–H and O–H groups in total. The summed E-state index contributed by atoms with van der Waals surface area (Å²) in [6, 6.07) is 22.6. The average molecular weight is 432 g/mol. The minimum Gasteiger partial charge on any atom is -0.508 e. The maximum absolute atomic E-state index is 12.6. The molecule has 0 aliphatic carbocycles. The van der Waals surface area contributed by atoms with Crippen molar-refractivity contribution in [1.29, 1.82) is 0 Å². The predicted molar refractivity (Wildman–Crippen MR) is 116 cm³/mol. The summed E-state index contributed by atoms with van der Waals surface area (Å²) >= 11 is 0. The van der Waals surface area contributed by atoms with Gasteiger partial charge in [0.2, 0.25) is 0 Å². The summed E-state index contributed by atoms with van der Waals surface area (Å²) in [5, 5.41) is 18.2. The van der Waals surface area contributed by atoms with Gasteiger partial charge in [-0.05, 0) is 97.1 Å². The number of aromatic hydroxyl groups is 2. The number of rotatable bonds is 4. The lowest BCUT2D eigenvalue weighted by Gasteiger charge is -2.01. The molecule has 0 saturated carbocycles. The minimum absolute atomic E-state index is 0.127. The second-order valence-electron chi connectivity index (χ2n) is 6.77. The maximum Gasteiger partial charge on any atom is 0.193 e. The molecule has 6 heteroatoms. The lowest BCUT2D eigenvalue weighted by Crippen LogP contribution is -2.01. The third-order valence-corrected chi connectivity index (χ3v) is 4.47. The van der Waals surface area contributed by atoms with Crippen LogP contribution in [-0.2, 0) is 0 Å². The number of ketones is 2. The van der Waals surface area contributed by atoms with Gasteiger partial charge in [-0.1, -0.05) is 0 Å². The molecule has 0 bridgehead atoms. The van der Waals surface area contributed by atoms with Crippen molar-refractivity contribution in [3.05, 3.63) is 131 Å².